The molecule has 2 aromatic heterocycles. The van der Waals surface area contributed by atoms with Gasteiger partial charge in [-0.2, -0.15) is 5.10 Å². The van der Waals surface area contributed by atoms with Crippen molar-refractivity contribution in [1.82, 2.24) is 19.7 Å². The summed E-state index contributed by atoms with van der Waals surface area (Å²) < 4.78 is 1.80. The fourth-order valence-electron chi connectivity index (χ4n) is 1.57. The fourth-order valence-corrected chi connectivity index (χ4v) is 1.57. The third kappa shape index (κ3) is 2.71. The van der Waals surface area contributed by atoms with Gasteiger partial charge in [-0.25, -0.2) is 14.8 Å². The zero-order chi connectivity index (χ0) is 13.1. The van der Waals surface area contributed by atoms with E-state index in [9.17, 15) is 4.79 Å². The Morgan fingerprint density at radius 3 is 2.94 bits per heavy atom. The largest absolute Gasteiger partial charge is 0.477 e. The minimum atomic E-state index is -1.06. The van der Waals surface area contributed by atoms with Crippen molar-refractivity contribution in [3.05, 3.63) is 30.4 Å². The third-order valence-corrected chi connectivity index (χ3v) is 2.32. The van der Waals surface area contributed by atoms with Gasteiger partial charge in [-0.1, -0.05) is 13.8 Å². The Morgan fingerprint density at radius 2 is 2.28 bits per heavy atom. The molecule has 18 heavy (non-hydrogen) atoms. The van der Waals surface area contributed by atoms with Crippen molar-refractivity contribution in [3.8, 4) is 11.4 Å². The molecule has 1 N–H and O–H groups in total. The van der Waals surface area contributed by atoms with Gasteiger partial charge >= 0.3 is 5.97 Å². The Bertz CT molecular complexity index is 563. The van der Waals surface area contributed by atoms with Gasteiger partial charge in [-0.15, -0.1) is 0 Å². The van der Waals surface area contributed by atoms with E-state index in [2.05, 4.69) is 28.9 Å². The molecule has 0 atom stereocenters. The molecule has 0 saturated heterocycles. The van der Waals surface area contributed by atoms with Crippen molar-refractivity contribution in [3.63, 3.8) is 0 Å². The van der Waals surface area contributed by atoms with Gasteiger partial charge in [0.1, 0.15) is 0 Å². The van der Waals surface area contributed by atoms with E-state index >= 15 is 0 Å². The van der Waals surface area contributed by atoms with Gasteiger partial charge in [0.05, 0.1) is 11.8 Å². The van der Waals surface area contributed by atoms with E-state index in [1.165, 1.54) is 12.3 Å². The maximum absolute atomic E-state index is 10.8. The van der Waals surface area contributed by atoms with E-state index in [1.54, 1.807) is 10.9 Å². The molecule has 0 radical (unpaired) electrons. The van der Waals surface area contributed by atoms with E-state index < -0.39 is 5.97 Å². The van der Waals surface area contributed by atoms with E-state index in [-0.39, 0.29) is 5.69 Å². The van der Waals surface area contributed by atoms with Crippen LogP contribution in [0, 0.1) is 5.92 Å². The zero-order valence-corrected chi connectivity index (χ0v) is 10.2. The molecule has 0 aromatic carbocycles. The summed E-state index contributed by atoms with van der Waals surface area (Å²) in [5.41, 5.74) is 0.704. The summed E-state index contributed by atoms with van der Waals surface area (Å²) in [7, 11) is 0. The van der Waals surface area contributed by atoms with Crippen LogP contribution in [-0.2, 0) is 6.54 Å². The van der Waals surface area contributed by atoms with Gasteiger partial charge in [-0.3, -0.25) is 4.68 Å². The number of aromatic carboxylic acids is 1. The van der Waals surface area contributed by atoms with E-state index in [0.29, 0.717) is 11.7 Å². The predicted molar refractivity (Wildman–Crippen MR) is 65.1 cm³/mol. The first-order valence-electron chi connectivity index (χ1n) is 5.65. The maximum atomic E-state index is 10.8. The average Bonchev–Trinajstić information content (AvgIpc) is 2.77. The molecular formula is C12H14N4O2. The molecule has 0 aliphatic heterocycles. The van der Waals surface area contributed by atoms with Crippen LogP contribution in [0.4, 0.5) is 0 Å². The second kappa shape index (κ2) is 4.95. The summed E-state index contributed by atoms with van der Waals surface area (Å²) in [6.07, 6.45) is 4.90. The molecule has 0 saturated carbocycles. The van der Waals surface area contributed by atoms with Crippen LogP contribution in [0.1, 0.15) is 24.3 Å². The van der Waals surface area contributed by atoms with Gasteiger partial charge < -0.3 is 5.11 Å². The standard InChI is InChI=1S/C12H14N4O2/c1-8(2)6-16-7-9(5-14-16)11-13-4-3-10(15-11)12(17)18/h3-5,7-8H,6H2,1-2H3,(H,17,18). The second-order valence-corrected chi connectivity index (χ2v) is 4.42. The summed E-state index contributed by atoms with van der Waals surface area (Å²) in [5.74, 6) is -0.192. The lowest BCUT2D eigenvalue weighted by Gasteiger charge is -2.03. The summed E-state index contributed by atoms with van der Waals surface area (Å²) in [6, 6.07) is 1.37. The zero-order valence-electron chi connectivity index (χ0n) is 10.2. The van der Waals surface area contributed by atoms with Crippen molar-refractivity contribution in [2.24, 2.45) is 5.92 Å². The molecule has 6 heteroatoms. The molecule has 2 rings (SSSR count). The first-order chi connectivity index (χ1) is 8.56. The normalized spacial score (nSPS) is 10.8. The lowest BCUT2D eigenvalue weighted by molar-refractivity contribution is 0.0690. The quantitative estimate of drug-likeness (QED) is 0.887. The molecule has 94 valence electrons. The minimum absolute atomic E-state index is 0.0170. The molecule has 0 bridgehead atoms. The van der Waals surface area contributed by atoms with Crippen molar-refractivity contribution >= 4 is 5.97 Å². The Morgan fingerprint density at radius 1 is 1.50 bits per heavy atom. The van der Waals surface area contributed by atoms with E-state index in [1.807, 2.05) is 6.20 Å². The molecule has 2 heterocycles. The number of nitrogens with zero attached hydrogens (tertiary/aromatic N) is 4. The summed E-state index contributed by atoms with van der Waals surface area (Å²) in [5, 5.41) is 13.1. The van der Waals surface area contributed by atoms with E-state index in [4.69, 9.17) is 5.11 Å². The maximum Gasteiger partial charge on any atom is 0.354 e. The van der Waals surface area contributed by atoms with Crippen LogP contribution in [0.3, 0.4) is 0 Å². The Balaban J connectivity index is 2.28. The van der Waals surface area contributed by atoms with Crippen LogP contribution in [0.5, 0.6) is 0 Å². The van der Waals surface area contributed by atoms with Gasteiger partial charge in [0.15, 0.2) is 11.5 Å². The minimum Gasteiger partial charge on any atom is -0.477 e. The second-order valence-electron chi connectivity index (χ2n) is 4.42. The number of hydrogen-bond donors (Lipinski definition) is 1. The summed E-state index contributed by atoms with van der Waals surface area (Å²) in [4.78, 5) is 18.9. The number of carboxylic acids is 1. The Hall–Kier alpha value is -2.24. The van der Waals surface area contributed by atoms with Crippen LogP contribution in [0.15, 0.2) is 24.7 Å². The van der Waals surface area contributed by atoms with Gasteiger partial charge in [0.2, 0.25) is 0 Å². The van der Waals surface area contributed by atoms with Gasteiger partial charge in [-0.05, 0) is 12.0 Å². The van der Waals surface area contributed by atoms with Gasteiger partial charge in [0.25, 0.3) is 0 Å². The number of carbonyl (C=O) groups is 1. The molecule has 0 fully saturated rings. The van der Waals surface area contributed by atoms with Crippen LogP contribution < -0.4 is 0 Å². The average molecular weight is 246 g/mol. The van der Waals surface area contributed by atoms with Crippen LogP contribution >= 0.6 is 0 Å². The van der Waals surface area contributed by atoms with E-state index in [0.717, 1.165) is 12.1 Å². The lowest BCUT2D eigenvalue weighted by Crippen LogP contribution is -2.04. The first-order valence-corrected chi connectivity index (χ1v) is 5.65. The summed E-state index contributed by atoms with van der Waals surface area (Å²) in [6.45, 7) is 5.00. The highest BCUT2D eigenvalue weighted by atomic mass is 16.4. The number of rotatable bonds is 4. The fraction of sp³-hybridized carbons (Fsp3) is 0.333. The molecule has 6 nitrogen and oxygen atoms in total. The number of hydrogen-bond acceptors (Lipinski definition) is 4. The highest BCUT2D eigenvalue weighted by molar-refractivity contribution is 5.85. The molecule has 0 aliphatic carbocycles. The molecule has 0 amide bonds. The third-order valence-electron chi connectivity index (χ3n) is 2.32. The van der Waals surface area contributed by atoms with Crippen LogP contribution in [0.25, 0.3) is 11.4 Å². The molecule has 0 spiro atoms. The topological polar surface area (TPSA) is 80.9 Å². The van der Waals surface area contributed by atoms with Gasteiger partial charge in [0, 0.05) is 18.9 Å². The van der Waals surface area contributed by atoms with Crippen LogP contribution in [-0.4, -0.2) is 30.8 Å². The smallest absolute Gasteiger partial charge is 0.354 e. The Labute approximate surface area is 104 Å². The highest BCUT2D eigenvalue weighted by Crippen LogP contribution is 2.14. The molecule has 0 aliphatic rings. The van der Waals surface area contributed by atoms with Crippen molar-refractivity contribution < 1.29 is 9.90 Å². The predicted octanol–water partition coefficient (Wildman–Crippen LogP) is 1.69. The van der Waals surface area contributed by atoms with Crippen molar-refractivity contribution in [1.29, 1.82) is 0 Å². The van der Waals surface area contributed by atoms with Crippen LogP contribution in [0.2, 0.25) is 0 Å². The lowest BCUT2D eigenvalue weighted by atomic mass is 10.2. The van der Waals surface area contributed by atoms with Crippen molar-refractivity contribution in [2.45, 2.75) is 20.4 Å². The summed E-state index contributed by atoms with van der Waals surface area (Å²) >= 11 is 0. The monoisotopic (exact) mass is 246 g/mol. The highest BCUT2D eigenvalue weighted by Gasteiger charge is 2.09. The van der Waals surface area contributed by atoms with Crippen molar-refractivity contribution in [2.75, 3.05) is 0 Å². The number of aromatic nitrogens is 4. The first kappa shape index (κ1) is 12.2. The number of carboxylic acid groups (broad SMARTS) is 1. The molecular weight excluding hydrogens is 232 g/mol. The molecule has 2 aromatic rings. The Kier molecular flexibility index (Phi) is 3.36. The molecule has 0 unspecified atom stereocenters. The SMILES string of the molecule is CC(C)Cn1cc(-c2nccc(C(=O)O)n2)cn1.